The van der Waals surface area contributed by atoms with Gasteiger partial charge in [-0.05, 0) is 25.1 Å². The first kappa shape index (κ1) is 18.2. The number of hydrogen-bond donors (Lipinski definition) is 3. The molecule has 0 aliphatic rings. The van der Waals surface area contributed by atoms with E-state index in [1.165, 1.54) is 6.92 Å². The number of nitrogens with two attached hydrogens (primary N) is 1. The van der Waals surface area contributed by atoms with Crippen LogP contribution in [0.1, 0.15) is 12.5 Å². The van der Waals surface area contributed by atoms with Crippen LogP contribution in [-0.2, 0) is 16.2 Å². The summed E-state index contributed by atoms with van der Waals surface area (Å²) in [6, 6.07) is 1.37. The van der Waals surface area contributed by atoms with Gasteiger partial charge in [-0.15, -0.1) is 0 Å². The molecule has 0 aromatic heterocycles. The fourth-order valence-corrected chi connectivity index (χ4v) is 2.67. The second-order valence-electron chi connectivity index (χ2n) is 4.40. The standard InChI is InChI=1S/C11H14ClF3N2O3S/c1-6(18)10(16)5-17-21(19,20)7-2-3-9(12)8(4-7)11(13,14)15/h2-4,6,10,17-18H,5,16H2,1H3. The summed E-state index contributed by atoms with van der Waals surface area (Å²) < 4.78 is 63.9. The molecule has 0 saturated carbocycles. The van der Waals surface area contributed by atoms with Crippen molar-refractivity contribution in [1.82, 2.24) is 4.72 Å². The van der Waals surface area contributed by atoms with E-state index in [1.807, 2.05) is 4.72 Å². The summed E-state index contributed by atoms with van der Waals surface area (Å²) in [5.41, 5.74) is 4.20. The van der Waals surface area contributed by atoms with Crippen molar-refractivity contribution in [2.75, 3.05) is 6.54 Å². The van der Waals surface area contributed by atoms with Crippen molar-refractivity contribution >= 4 is 21.6 Å². The number of rotatable bonds is 5. The smallest absolute Gasteiger partial charge is 0.392 e. The minimum absolute atomic E-state index is 0.315. The Balaban J connectivity index is 3.05. The number of aliphatic hydroxyl groups is 1. The fourth-order valence-electron chi connectivity index (χ4n) is 1.35. The highest BCUT2D eigenvalue weighted by Gasteiger charge is 2.34. The van der Waals surface area contributed by atoms with Gasteiger partial charge in [0, 0.05) is 12.6 Å². The van der Waals surface area contributed by atoms with Crippen molar-refractivity contribution in [1.29, 1.82) is 0 Å². The molecular formula is C11H14ClF3N2O3S. The largest absolute Gasteiger partial charge is 0.417 e. The molecule has 0 spiro atoms. The molecule has 0 radical (unpaired) electrons. The Morgan fingerprint density at radius 2 is 2.00 bits per heavy atom. The molecule has 0 aliphatic carbocycles. The summed E-state index contributed by atoms with van der Waals surface area (Å²) in [7, 11) is -4.19. The maximum absolute atomic E-state index is 12.7. The van der Waals surface area contributed by atoms with Gasteiger partial charge in [-0.25, -0.2) is 13.1 Å². The van der Waals surface area contributed by atoms with Gasteiger partial charge in [0.25, 0.3) is 0 Å². The van der Waals surface area contributed by atoms with E-state index in [1.54, 1.807) is 0 Å². The van der Waals surface area contributed by atoms with Crippen molar-refractivity contribution in [2.45, 2.75) is 30.1 Å². The average molecular weight is 347 g/mol. The van der Waals surface area contributed by atoms with Crippen LogP contribution in [0.15, 0.2) is 23.1 Å². The second-order valence-corrected chi connectivity index (χ2v) is 6.57. The third kappa shape index (κ3) is 4.82. The summed E-state index contributed by atoms with van der Waals surface area (Å²) in [5.74, 6) is 0. The fraction of sp³-hybridized carbons (Fsp3) is 0.455. The van der Waals surface area contributed by atoms with Crippen LogP contribution in [0.4, 0.5) is 13.2 Å². The normalized spacial score (nSPS) is 15.8. The van der Waals surface area contributed by atoms with E-state index in [2.05, 4.69) is 0 Å². The molecule has 0 fully saturated rings. The summed E-state index contributed by atoms with van der Waals surface area (Å²) in [6.07, 6.45) is -5.73. The van der Waals surface area contributed by atoms with Gasteiger partial charge in [0.2, 0.25) is 10.0 Å². The Kier molecular flexibility index (Phi) is 5.62. The zero-order valence-corrected chi connectivity index (χ0v) is 12.4. The van der Waals surface area contributed by atoms with Gasteiger partial charge >= 0.3 is 6.18 Å². The molecule has 120 valence electrons. The monoisotopic (exact) mass is 346 g/mol. The number of halogens is 4. The Morgan fingerprint density at radius 1 is 1.43 bits per heavy atom. The van der Waals surface area contributed by atoms with Gasteiger partial charge in [-0.3, -0.25) is 0 Å². The highest BCUT2D eigenvalue weighted by atomic mass is 35.5. The second kappa shape index (κ2) is 6.49. The highest BCUT2D eigenvalue weighted by molar-refractivity contribution is 7.89. The van der Waals surface area contributed by atoms with Gasteiger partial charge in [0.05, 0.1) is 21.6 Å². The molecule has 21 heavy (non-hydrogen) atoms. The van der Waals surface area contributed by atoms with Crippen molar-refractivity contribution in [3.63, 3.8) is 0 Å². The highest BCUT2D eigenvalue weighted by Crippen LogP contribution is 2.35. The molecule has 0 saturated heterocycles. The van der Waals surface area contributed by atoms with E-state index in [0.717, 1.165) is 12.1 Å². The van der Waals surface area contributed by atoms with Crippen molar-refractivity contribution < 1.29 is 26.7 Å². The molecule has 1 rings (SSSR count). The van der Waals surface area contributed by atoms with E-state index < -0.39 is 43.8 Å². The van der Waals surface area contributed by atoms with Crippen LogP contribution in [0.2, 0.25) is 5.02 Å². The van der Waals surface area contributed by atoms with Crippen LogP contribution >= 0.6 is 11.6 Å². The van der Waals surface area contributed by atoms with Crippen LogP contribution < -0.4 is 10.5 Å². The van der Waals surface area contributed by atoms with E-state index >= 15 is 0 Å². The number of hydrogen-bond acceptors (Lipinski definition) is 4. The first-order valence-corrected chi connectivity index (χ1v) is 7.61. The summed E-state index contributed by atoms with van der Waals surface area (Å²) in [6.45, 7) is 1.05. The van der Waals surface area contributed by atoms with Crippen molar-refractivity contribution in [2.24, 2.45) is 5.73 Å². The number of sulfonamides is 1. The average Bonchev–Trinajstić information content (AvgIpc) is 2.34. The number of benzene rings is 1. The molecule has 2 unspecified atom stereocenters. The number of nitrogens with one attached hydrogen (secondary N) is 1. The number of alkyl halides is 3. The topological polar surface area (TPSA) is 92.4 Å². The van der Waals surface area contributed by atoms with E-state index in [-0.39, 0.29) is 6.54 Å². The van der Waals surface area contributed by atoms with Gasteiger partial charge < -0.3 is 10.8 Å². The van der Waals surface area contributed by atoms with Crippen LogP contribution in [0.3, 0.4) is 0 Å². The molecule has 10 heteroatoms. The predicted molar refractivity (Wildman–Crippen MR) is 71.3 cm³/mol. The lowest BCUT2D eigenvalue weighted by molar-refractivity contribution is -0.137. The lowest BCUT2D eigenvalue weighted by atomic mass is 10.2. The molecule has 4 N–H and O–H groups in total. The first-order chi connectivity index (χ1) is 9.45. The predicted octanol–water partition coefficient (Wildman–Crippen LogP) is 1.35. The first-order valence-electron chi connectivity index (χ1n) is 5.75. The molecule has 0 aliphatic heterocycles. The Hall–Kier alpha value is -0.870. The lowest BCUT2D eigenvalue weighted by Crippen LogP contribution is -2.43. The van der Waals surface area contributed by atoms with E-state index in [4.69, 9.17) is 22.4 Å². The van der Waals surface area contributed by atoms with Crippen molar-refractivity contribution in [3.8, 4) is 0 Å². The van der Waals surface area contributed by atoms with E-state index in [0.29, 0.717) is 6.07 Å². The molecule has 0 heterocycles. The Morgan fingerprint density at radius 3 is 2.48 bits per heavy atom. The molecule has 2 atom stereocenters. The molecule has 0 amide bonds. The molecule has 1 aromatic carbocycles. The quantitative estimate of drug-likeness (QED) is 0.750. The Bertz CT molecular complexity index is 605. The molecule has 1 aromatic rings. The van der Waals surface area contributed by atoms with Crippen LogP contribution in [0, 0.1) is 0 Å². The third-order valence-corrected chi connectivity index (χ3v) is 4.43. The van der Waals surface area contributed by atoms with Crippen LogP contribution in [0.25, 0.3) is 0 Å². The minimum atomic E-state index is -4.77. The summed E-state index contributed by atoms with van der Waals surface area (Å²) in [5, 5.41) is 8.55. The third-order valence-electron chi connectivity index (χ3n) is 2.68. The summed E-state index contributed by atoms with van der Waals surface area (Å²) in [4.78, 5) is -0.586. The zero-order valence-electron chi connectivity index (χ0n) is 10.9. The van der Waals surface area contributed by atoms with Crippen molar-refractivity contribution in [3.05, 3.63) is 28.8 Å². The van der Waals surface area contributed by atoms with Gasteiger partial charge in [-0.2, -0.15) is 13.2 Å². The Labute approximate surface area is 125 Å². The molecule has 0 bridgehead atoms. The zero-order chi connectivity index (χ0) is 16.4. The van der Waals surface area contributed by atoms with Gasteiger partial charge in [0.1, 0.15) is 0 Å². The minimum Gasteiger partial charge on any atom is -0.392 e. The van der Waals surface area contributed by atoms with Gasteiger partial charge in [0.15, 0.2) is 0 Å². The summed E-state index contributed by atoms with van der Waals surface area (Å²) >= 11 is 5.41. The number of aliphatic hydroxyl groups excluding tert-OH is 1. The lowest BCUT2D eigenvalue weighted by Gasteiger charge is -2.16. The van der Waals surface area contributed by atoms with Gasteiger partial charge in [-0.1, -0.05) is 11.6 Å². The van der Waals surface area contributed by atoms with E-state index in [9.17, 15) is 21.6 Å². The SMILES string of the molecule is CC(O)C(N)CNS(=O)(=O)c1ccc(Cl)c(C(F)(F)F)c1. The molecular weight excluding hydrogens is 333 g/mol. The van der Waals surface area contributed by atoms with Crippen LogP contribution in [0.5, 0.6) is 0 Å². The maximum Gasteiger partial charge on any atom is 0.417 e. The van der Waals surface area contributed by atoms with Crippen LogP contribution in [-0.4, -0.2) is 32.2 Å². The molecule has 5 nitrogen and oxygen atoms in total. The maximum atomic E-state index is 12.7.